The highest BCUT2D eigenvalue weighted by atomic mass is 32.1. The van der Waals surface area contributed by atoms with E-state index < -0.39 is 11.9 Å². The van der Waals surface area contributed by atoms with Gasteiger partial charge in [0.2, 0.25) is 5.91 Å². The lowest BCUT2D eigenvalue weighted by Crippen LogP contribution is -2.17. The van der Waals surface area contributed by atoms with Gasteiger partial charge in [-0.1, -0.05) is 11.3 Å². The van der Waals surface area contributed by atoms with Crippen molar-refractivity contribution in [3.63, 3.8) is 0 Å². The third-order valence-electron chi connectivity index (χ3n) is 3.52. The van der Waals surface area contributed by atoms with Crippen molar-refractivity contribution in [2.24, 2.45) is 0 Å². The fourth-order valence-corrected chi connectivity index (χ4v) is 2.97. The van der Waals surface area contributed by atoms with Gasteiger partial charge in [-0.15, -0.1) is 0 Å². The Labute approximate surface area is 160 Å². The molecule has 0 atom stereocenters. The van der Waals surface area contributed by atoms with Gasteiger partial charge in [0, 0.05) is 25.6 Å². The number of benzene rings is 1. The Kier molecular flexibility index (Phi) is 6.72. The summed E-state index contributed by atoms with van der Waals surface area (Å²) in [5.41, 5.74) is 7.66. The predicted molar refractivity (Wildman–Crippen MR) is 105 cm³/mol. The van der Waals surface area contributed by atoms with Crippen molar-refractivity contribution in [3.8, 4) is 0 Å². The van der Waals surface area contributed by atoms with Gasteiger partial charge in [-0.05, 0) is 31.5 Å². The van der Waals surface area contributed by atoms with Crippen molar-refractivity contribution >= 4 is 50.6 Å². The molecule has 6 N–H and O–H groups in total. The summed E-state index contributed by atoms with van der Waals surface area (Å²) in [6.45, 7) is 3.55. The van der Waals surface area contributed by atoms with E-state index in [1.165, 1.54) is 6.92 Å². The van der Waals surface area contributed by atoms with E-state index in [-0.39, 0.29) is 17.9 Å². The van der Waals surface area contributed by atoms with Gasteiger partial charge in [-0.25, -0.2) is 4.98 Å². The number of hydrogen-bond donors (Lipinski definition) is 5. The molecule has 2 rings (SSSR count). The number of amides is 2. The maximum absolute atomic E-state index is 12.6. The molecule has 2 amide bonds. The van der Waals surface area contributed by atoms with Gasteiger partial charge in [0.25, 0.3) is 5.91 Å². The number of hydrogen-bond acceptors (Lipinski definition) is 7. The van der Waals surface area contributed by atoms with Crippen LogP contribution in [0.3, 0.4) is 0 Å². The van der Waals surface area contributed by atoms with Crippen molar-refractivity contribution in [2.45, 2.75) is 26.7 Å². The van der Waals surface area contributed by atoms with Crippen LogP contribution in [-0.2, 0) is 9.59 Å². The predicted octanol–water partition coefficient (Wildman–Crippen LogP) is 2.52. The zero-order valence-electron chi connectivity index (χ0n) is 15.0. The van der Waals surface area contributed by atoms with Gasteiger partial charge < -0.3 is 21.5 Å². The zero-order chi connectivity index (χ0) is 20.0. The monoisotopic (exact) mass is 391 g/mol. The summed E-state index contributed by atoms with van der Waals surface area (Å²) >= 11 is 1.16. The van der Waals surface area contributed by atoms with Gasteiger partial charge in [-0.2, -0.15) is 0 Å². The van der Waals surface area contributed by atoms with Crippen LogP contribution in [0.2, 0.25) is 0 Å². The maximum atomic E-state index is 12.6. The number of anilines is 4. The topological polar surface area (TPSA) is 146 Å². The van der Waals surface area contributed by atoms with Crippen LogP contribution in [0.4, 0.5) is 21.5 Å². The molecule has 0 saturated carbocycles. The van der Waals surface area contributed by atoms with E-state index in [9.17, 15) is 14.4 Å². The first kappa shape index (κ1) is 20.2. The number of aromatic nitrogens is 1. The molecule has 0 fully saturated rings. The van der Waals surface area contributed by atoms with Gasteiger partial charge in [0.15, 0.2) is 5.13 Å². The number of nitrogens with zero attached hydrogens (tertiary/aromatic N) is 1. The minimum Gasteiger partial charge on any atom is -0.481 e. The molecule has 0 spiro atoms. The summed E-state index contributed by atoms with van der Waals surface area (Å²) in [4.78, 5) is 38.8. The van der Waals surface area contributed by atoms with Crippen molar-refractivity contribution < 1.29 is 19.5 Å². The summed E-state index contributed by atoms with van der Waals surface area (Å²) in [7, 11) is 0. The molecule has 2 aromatic rings. The number of aliphatic carboxylic acids is 1. The number of carboxylic acids is 1. The Morgan fingerprint density at radius 3 is 2.59 bits per heavy atom. The van der Waals surface area contributed by atoms with Crippen LogP contribution in [0.5, 0.6) is 0 Å². The van der Waals surface area contributed by atoms with E-state index in [0.717, 1.165) is 11.3 Å². The highest BCUT2D eigenvalue weighted by Gasteiger charge is 2.16. The molecule has 1 aromatic heterocycles. The van der Waals surface area contributed by atoms with Gasteiger partial charge in [0.1, 0.15) is 5.00 Å². The smallest absolute Gasteiger partial charge is 0.303 e. The summed E-state index contributed by atoms with van der Waals surface area (Å²) in [5.74, 6) is -1.60. The number of nitrogen functional groups attached to an aromatic ring is 1. The van der Waals surface area contributed by atoms with E-state index in [4.69, 9.17) is 10.8 Å². The standard InChI is InChI=1S/C17H21N5O4S/c1-9-15(18)27-17(20-9)22-16(26)12-6-5-11(8-13(12)21-10(2)23)19-7-3-4-14(24)25/h5-6,8,19H,3-4,7,18H2,1-2H3,(H,21,23)(H,24,25)(H,20,22,26). The lowest BCUT2D eigenvalue weighted by Gasteiger charge is -2.13. The molecule has 144 valence electrons. The summed E-state index contributed by atoms with van der Waals surface area (Å²) in [6, 6.07) is 4.88. The minimum absolute atomic E-state index is 0.0579. The molecule has 1 heterocycles. The number of nitrogens with two attached hydrogens (primary N) is 1. The van der Waals surface area contributed by atoms with Crippen LogP contribution in [-0.4, -0.2) is 34.4 Å². The molecule has 0 unspecified atom stereocenters. The van der Waals surface area contributed by atoms with Crippen LogP contribution < -0.4 is 21.7 Å². The Balaban J connectivity index is 2.14. The van der Waals surface area contributed by atoms with E-state index >= 15 is 0 Å². The third-order valence-corrected chi connectivity index (χ3v) is 4.43. The Morgan fingerprint density at radius 2 is 2.00 bits per heavy atom. The number of carbonyl (C=O) groups is 3. The van der Waals surface area contributed by atoms with Crippen LogP contribution in [0, 0.1) is 6.92 Å². The minimum atomic E-state index is -0.860. The first-order chi connectivity index (χ1) is 12.8. The highest BCUT2D eigenvalue weighted by Crippen LogP contribution is 2.27. The molecule has 10 heteroatoms. The summed E-state index contributed by atoms with van der Waals surface area (Å²) < 4.78 is 0. The van der Waals surface area contributed by atoms with Crippen molar-refractivity contribution in [2.75, 3.05) is 28.2 Å². The molecule has 0 bridgehead atoms. The normalized spacial score (nSPS) is 10.3. The number of aryl methyl sites for hydroxylation is 1. The number of nitrogens with one attached hydrogen (secondary N) is 3. The quantitative estimate of drug-likeness (QED) is 0.434. The number of rotatable bonds is 8. The molecule has 9 nitrogen and oxygen atoms in total. The third kappa shape index (κ3) is 5.96. The molecule has 0 aliphatic heterocycles. The number of carboxylic acid groups (broad SMARTS) is 1. The second kappa shape index (κ2) is 8.99. The number of thiazole rings is 1. The molecule has 1 aromatic carbocycles. The number of carbonyl (C=O) groups excluding carboxylic acids is 2. The molecular formula is C17H21N5O4S. The van der Waals surface area contributed by atoms with Crippen LogP contribution in [0.15, 0.2) is 18.2 Å². The summed E-state index contributed by atoms with van der Waals surface area (Å²) in [6.07, 6.45) is 0.514. The van der Waals surface area contributed by atoms with Crippen LogP contribution >= 0.6 is 11.3 Å². The summed E-state index contributed by atoms with van der Waals surface area (Å²) in [5, 5.41) is 17.9. The first-order valence-corrected chi connectivity index (χ1v) is 8.99. The Bertz CT molecular complexity index is 846. The second-order valence-electron chi connectivity index (χ2n) is 5.79. The lowest BCUT2D eigenvalue weighted by molar-refractivity contribution is -0.137. The average molecular weight is 391 g/mol. The van der Waals surface area contributed by atoms with Crippen molar-refractivity contribution in [1.29, 1.82) is 0 Å². The second-order valence-corrected chi connectivity index (χ2v) is 6.82. The maximum Gasteiger partial charge on any atom is 0.303 e. The average Bonchev–Trinajstić information content (AvgIpc) is 2.88. The fraction of sp³-hybridized carbons (Fsp3) is 0.294. The molecule has 0 aliphatic rings. The first-order valence-electron chi connectivity index (χ1n) is 8.18. The molecular weight excluding hydrogens is 370 g/mol. The van der Waals surface area contributed by atoms with Crippen LogP contribution in [0.25, 0.3) is 0 Å². The van der Waals surface area contributed by atoms with E-state index in [1.807, 2.05) is 0 Å². The van der Waals surface area contributed by atoms with E-state index in [0.29, 0.717) is 40.2 Å². The zero-order valence-corrected chi connectivity index (χ0v) is 15.8. The van der Waals surface area contributed by atoms with E-state index in [1.54, 1.807) is 25.1 Å². The van der Waals surface area contributed by atoms with Gasteiger partial charge >= 0.3 is 5.97 Å². The van der Waals surface area contributed by atoms with Crippen molar-refractivity contribution in [1.82, 2.24) is 4.98 Å². The molecule has 0 aliphatic carbocycles. The largest absolute Gasteiger partial charge is 0.481 e. The Morgan fingerprint density at radius 1 is 1.26 bits per heavy atom. The van der Waals surface area contributed by atoms with Crippen LogP contribution in [0.1, 0.15) is 35.8 Å². The SMILES string of the molecule is CC(=O)Nc1cc(NCCCC(=O)O)ccc1C(=O)Nc1nc(C)c(N)s1. The Hall–Kier alpha value is -3.14. The van der Waals surface area contributed by atoms with E-state index in [2.05, 4.69) is 20.9 Å². The fourth-order valence-electron chi connectivity index (χ4n) is 2.24. The lowest BCUT2D eigenvalue weighted by atomic mass is 10.1. The van der Waals surface area contributed by atoms with Crippen molar-refractivity contribution in [3.05, 3.63) is 29.5 Å². The highest BCUT2D eigenvalue weighted by molar-refractivity contribution is 7.19. The van der Waals surface area contributed by atoms with Gasteiger partial charge in [0.05, 0.1) is 16.9 Å². The molecule has 0 saturated heterocycles. The molecule has 0 radical (unpaired) electrons. The van der Waals surface area contributed by atoms with Gasteiger partial charge in [-0.3, -0.25) is 19.7 Å². The molecule has 27 heavy (non-hydrogen) atoms.